The second kappa shape index (κ2) is 7.12. The Morgan fingerprint density at radius 3 is 2.50 bits per heavy atom. The van der Waals surface area contributed by atoms with Crippen LogP contribution in [0.25, 0.3) is 0 Å². The van der Waals surface area contributed by atoms with Gasteiger partial charge in [0.25, 0.3) is 11.8 Å². The van der Waals surface area contributed by atoms with Crippen molar-refractivity contribution < 1.29 is 9.59 Å². The van der Waals surface area contributed by atoms with Gasteiger partial charge in [-0.25, -0.2) is 0 Å². The summed E-state index contributed by atoms with van der Waals surface area (Å²) in [7, 11) is 0. The van der Waals surface area contributed by atoms with Gasteiger partial charge in [-0.3, -0.25) is 9.59 Å². The number of carbonyl (C=O) groups excluding carboxylic acids is 2. The zero-order valence-electron chi connectivity index (χ0n) is 14.5. The van der Waals surface area contributed by atoms with Gasteiger partial charge >= 0.3 is 0 Å². The molecule has 2 aliphatic rings. The Hall–Kier alpha value is -2.33. The summed E-state index contributed by atoms with van der Waals surface area (Å²) in [5.41, 5.74) is 3.02. The van der Waals surface area contributed by atoms with Crippen LogP contribution in [-0.2, 0) is 6.54 Å². The molecule has 1 heterocycles. The van der Waals surface area contributed by atoms with Gasteiger partial charge in [0.2, 0.25) is 0 Å². The average molecular weight is 369 g/mol. The maximum absolute atomic E-state index is 12.7. The molecule has 0 aromatic heterocycles. The van der Waals surface area contributed by atoms with Gasteiger partial charge in [0.1, 0.15) is 0 Å². The molecule has 134 valence electrons. The largest absolute Gasteiger partial charge is 0.331 e. The van der Waals surface area contributed by atoms with E-state index in [4.69, 9.17) is 11.6 Å². The predicted octanol–water partition coefficient (Wildman–Crippen LogP) is 4.88. The van der Waals surface area contributed by atoms with Gasteiger partial charge in [-0.1, -0.05) is 30.9 Å². The fraction of sp³-hybridized carbons (Fsp3) is 0.333. The Balaban J connectivity index is 1.49. The summed E-state index contributed by atoms with van der Waals surface area (Å²) in [6.07, 6.45) is 5.87. The van der Waals surface area contributed by atoms with E-state index in [0.29, 0.717) is 28.9 Å². The molecule has 4 nitrogen and oxygen atoms in total. The van der Waals surface area contributed by atoms with Gasteiger partial charge in [-0.2, -0.15) is 0 Å². The molecule has 0 atom stereocenters. The third-order valence-electron chi connectivity index (χ3n) is 5.32. The highest BCUT2D eigenvalue weighted by molar-refractivity contribution is 6.30. The van der Waals surface area contributed by atoms with E-state index in [1.54, 1.807) is 30.3 Å². The molecule has 0 radical (unpaired) electrons. The SMILES string of the molecule is O=C(Nc1ccc2c(c1)CN(C1CCCCC1)C2=O)c1ccc(Cl)cc1. The van der Waals surface area contributed by atoms with E-state index in [1.807, 2.05) is 17.0 Å². The lowest BCUT2D eigenvalue weighted by Crippen LogP contribution is -2.36. The van der Waals surface area contributed by atoms with E-state index in [9.17, 15) is 9.59 Å². The van der Waals surface area contributed by atoms with Crippen molar-refractivity contribution >= 4 is 29.1 Å². The highest BCUT2D eigenvalue weighted by Crippen LogP contribution is 2.32. The summed E-state index contributed by atoms with van der Waals surface area (Å²) in [5, 5.41) is 3.50. The van der Waals surface area contributed by atoms with Crippen LogP contribution in [0.4, 0.5) is 5.69 Å². The average Bonchev–Trinajstić information content (AvgIpc) is 2.99. The highest BCUT2D eigenvalue weighted by Gasteiger charge is 2.33. The van der Waals surface area contributed by atoms with Crippen LogP contribution in [0.15, 0.2) is 42.5 Å². The molecule has 1 fully saturated rings. The minimum Gasteiger partial charge on any atom is -0.331 e. The van der Waals surface area contributed by atoms with Crippen LogP contribution in [0.3, 0.4) is 0 Å². The summed E-state index contributed by atoms with van der Waals surface area (Å²) < 4.78 is 0. The van der Waals surface area contributed by atoms with Gasteiger partial charge in [-0.05, 0) is 60.9 Å². The van der Waals surface area contributed by atoms with Crippen LogP contribution in [0, 0.1) is 0 Å². The van der Waals surface area contributed by atoms with Gasteiger partial charge in [0.15, 0.2) is 0 Å². The molecule has 0 bridgehead atoms. The van der Waals surface area contributed by atoms with Crippen LogP contribution in [-0.4, -0.2) is 22.8 Å². The Labute approximate surface area is 158 Å². The second-order valence-electron chi connectivity index (χ2n) is 7.06. The van der Waals surface area contributed by atoms with Crippen molar-refractivity contribution in [3.63, 3.8) is 0 Å². The van der Waals surface area contributed by atoms with E-state index in [0.717, 1.165) is 24.0 Å². The molecule has 0 unspecified atom stereocenters. The molecule has 2 amide bonds. The van der Waals surface area contributed by atoms with Crippen LogP contribution in [0.1, 0.15) is 58.4 Å². The normalized spacial score (nSPS) is 17.3. The van der Waals surface area contributed by atoms with Crippen molar-refractivity contribution in [2.75, 3.05) is 5.32 Å². The highest BCUT2D eigenvalue weighted by atomic mass is 35.5. The number of nitrogens with zero attached hydrogens (tertiary/aromatic N) is 1. The zero-order chi connectivity index (χ0) is 18.1. The van der Waals surface area contributed by atoms with Crippen LogP contribution < -0.4 is 5.32 Å². The van der Waals surface area contributed by atoms with Crippen LogP contribution in [0.2, 0.25) is 5.02 Å². The molecule has 0 spiro atoms. The number of carbonyl (C=O) groups is 2. The fourth-order valence-electron chi connectivity index (χ4n) is 3.91. The number of halogens is 1. The number of amides is 2. The van der Waals surface area contributed by atoms with E-state index in [1.165, 1.54) is 19.3 Å². The molecule has 2 aromatic rings. The van der Waals surface area contributed by atoms with E-state index in [2.05, 4.69) is 5.32 Å². The molecule has 1 aliphatic carbocycles. The second-order valence-corrected chi connectivity index (χ2v) is 7.49. The van der Waals surface area contributed by atoms with Crippen LogP contribution >= 0.6 is 11.6 Å². The minimum atomic E-state index is -0.185. The first-order valence-electron chi connectivity index (χ1n) is 9.12. The topological polar surface area (TPSA) is 49.4 Å². The first-order chi connectivity index (χ1) is 12.6. The summed E-state index contributed by atoms with van der Waals surface area (Å²) in [4.78, 5) is 27.1. The fourth-order valence-corrected chi connectivity index (χ4v) is 4.04. The third-order valence-corrected chi connectivity index (χ3v) is 5.57. The molecular weight excluding hydrogens is 348 g/mol. The minimum absolute atomic E-state index is 0.127. The Morgan fingerprint density at radius 1 is 1.04 bits per heavy atom. The lowest BCUT2D eigenvalue weighted by Gasteiger charge is -2.30. The Kier molecular flexibility index (Phi) is 4.68. The van der Waals surface area contributed by atoms with E-state index in [-0.39, 0.29) is 11.8 Å². The lowest BCUT2D eigenvalue weighted by atomic mass is 9.94. The van der Waals surface area contributed by atoms with Crippen molar-refractivity contribution in [1.82, 2.24) is 4.90 Å². The van der Waals surface area contributed by atoms with Crippen molar-refractivity contribution in [3.05, 3.63) is 64.2 Å². The van der Waals surface area contributed by atoms with Crippen molar-refractivity contribution in [2.24, 2.45) is 0 Å². The van der Waals surface area contributed by atoms with Crippen LogP contribution in [0.5, 0.6) is 0 Å². The molecule has 1 N–H and O–H groups in total. The molecule has 2 aromatic carbocycles. The summed E-state index contributed by atoms with van der Waals surface area (Å²) >= 11 is 5.86. The molecule has 5 heteroatoms. The molecule has 4 rings (SSSR count). The van der Waals surface area contributed by atoms with Crippen molar-refractivity contribution in [2.45, 2.75) is 44.7 Å². The summed E-state index contributed by atoms with van der Waals surface area (Å²) in [5.74, 6) is -0.0578. The van der Waals surface area contributed by atoms with Gasteiger partial charge in [0.05, 0.1) is 0 Å². The molecular formula is C21H21ClN2O2. The first-order valence-corrected chi connectivity index (χ1v) is 9.50. The van der Waals surface area contributed by atoms with Crippen molar-refractivity contribution in [1.29, 1.82) is 0 Å². The monoisotopic (exact) mass is 368 g/mol. The maximum atomic E-state index is 12.7. The number of anilines is 1. The summed E-state index contributed by atoms with van der Waals surface area (Å²) in [6.45, 7) is 0.642. The van der Waals surface area contributed by atoms with Gasteiger partial charge in [0, 0.05) is 34.4 Å². The van der Waals surface area contributed by atoms with E-state index >= 15 is 0 Å². The van der Waals surface area contributed by atoms with Gasteiger partial charge < -0.3 is 10.2 Å². The lowest BCUT2D eigenvalue weighted by molar-refractivity contribution is 0.0660. The molecule has 1 aliphatic heterocycles. The summed E-state index contributed by atoms with van der Waals surface area (Å²) in [6, 6.07) is 12.7. The van der Waals surface area contributed by atoms with Gasteiger partial charge in [-0.15, -0.1) is 0 Å². The smallest absolute Gasteiger partial charge is 0.255 e. The van der Waals surface area contributed by atoms with E-state index < -0.39 is 0 Å². The zero-order valence-corrected chi connectivity index (χ0v) is 15.3. The number of hydrogen-bond acceptors (Lipinski definition) is 2. The number of hydrogen-bond donors (Lipinski definition) is 1. The Bertz CT molecular complexity index is 842. The quantitative estimate of drug-likeness (QED) is 0.839. The number of fused-ring (bicyclic) bond motifs is 1. The Morgan fingerprint density at radius 2 is 1.77 bits per heavy atom. The predicted molar refractivity (Wildman–Crippen MR) is 103 cm³/mol. The molecule has 0 saturated heterocycles. The number of nitrogens with one attached hydrogen (secondary N) is 1. The first kappa shape index (κ1) is 17.1. The number of benzene rings is 2. The number of rotatable bonds is 3. The molecule has 1 saturated carbocycles. The third kappa shape index (κ3) is 3.34. The standard InChI is InChI=1S/C21H21ClN2O2/c22-16-8-6-14(7-9-16)20(25)23-17-10-11-19-15(12-17)13-24(21(19)26)18-4-2-1-3-5-18/h6-12,18H,1-5,13H2,(H,23,25). The molecule has 26 heavy (non-hydrogen) atoms. The maximum Gasteiger partial charge on any atom is 0.255 e. The van der Waals surface area contributed by atoms with Crippen molar-refractivity contribution in [3.8, 4) is 0 Å².